The molecule has 0 saturated heterocycles. The summed E-state index contributed by atoms with van der Waals surface area (Å²) in [5.41, 5.74) is 1.18. The Morgan fingerprint density at radius 3 is 2.72 bits per heavy atom. The second-order valence-corrected chi connectivity index (χ2v) is 6.68. The van der Waals surface area contributed by atoms with Crippen molar-refractivity contribution in [2.75, 3.05) is 13.6 Å². The predicted molar refractivity (Wildman–Crippen MR) is 68.7 cm³/mol. The summed E-state index contributed by atoms with van der Waals surface area (Å²) in [7, 11) is -1.85. The molecule has 0 spiro atoms. The number of nitrogens with one attached hydrogen (secondary N) is 2. The lowest BCUT2D eigenvalue weighted by molar-refractivity contribution is 0.484. The fourth-order valence-corrected chi connectivity index (χ4v) is 3.29. The quantitative estimate of drug-likeness (QED) is 0.795. The van der Waals surface area contributed by atoms with E-state index in [0.717, 1.165) is 0 Å². The van der Waals surface area contributed by atoms with E-state index in [1.807, 2.05) is 6.92 Å². The predicted octanol–water partition coefficient (Wildman–Crippen LogP) is 0.611. The first-order chi connectivity index (χ1) is 8.46. The van der Waals surface area contributed by atoms with E-state index in [1.54, 1.807) is 14.0 Å². The number of aromatic amines is 1. The van der Waals surface area contributed by atoms with E-state index in [0.29, 0.717) is 35.4 Å². The summed E-state index contributed by atoms with van der Waals surface area (Å²) in [6.45, 7) is 4.50. The zero-order chi connectivity index (χ0) is 13.3. The third-order valence-corrected chi connectivity index (χ3v) is 5.35. The van der Waals surface area contributed by atoms with Gasteiger partial charge in [0.25, 0.3) is 0 Å². The minimum absolute atomic E-state index is 0.319. The average Bonchev–Trinajstić information content (AvgIpc) is 3.08. The van der Waals surface area contributed by atoms with E-state index in [-0.39, 0.29) is 0 Å². The highest BCUT2D eigenvalue weighted by Crippen LogP contribution is 2.23. The van der Waals surface area contributed by atoms with Gasteiger partial charge in [-0.05, 0) is 19.8 Å². The normalized spacial score (nSPS) is 16.4. The molecular formula is C11H20N4O2S. The fraction of sp³-hybridized carbons (Fsp3) is 0.727. The maximum absolute atomic E-state index is 12.4. The molecule has 7 heteroatoms. The van der Waals surface area contributed by atoms with Gasteiger partial charge in [0.05, 0.1) is 11.4 Å². The monoisotopic (exact) mass is 272 g/mol. The molecule has 1 aromatic heterocycles. The maximum atomic E-state index is 12.4. The van der Waals surface area contributed by atoms with Crippen LogP contribution in [0.25, 0.3) is 0 Å². The molecule has 1 saturated carbocycles. The van der Waals surface area contributed by atoms with Crippen molar-refractivity contribution in [2.24, 2.45) is 0 Å². The molecule has 0 amide bonds. The third-order valence-electron chi connectivity index (χ3n) is 3.21. The Labute approximate surface area is 108 Å². The van der Waals surface area contributed by atoms with Gasteiger partial charge in [0.2, 0.25) is 10.0 Å². The molecule has 2 N–H and O–H groups in total. The molecule has 0 aliphatic heterocycles. The van der Waals surface area contributed by atoms with Crippen molar-refractivity contribution in [2.45, 2.75) is 44.2 Å². The summed E-state index contributed by atoms with van der Waals surface area (Å²) in [5.74, 6) is 0. The highest BCUT2D eigenvalue weighted by molar-refractivity contribution is 7.89. The first-order valence-electron chi connectivity index (χ1n) is 6.20. The van der Waals surface area contributed by atoms with Crippen LogP contribution in [0, 0.1) is 6.92 Å². The molecule has 1 aromatic rings. The summed E-state index contributed by atoms with van der Waals surface area (Å²) < 4.78 is 26.1. The fourth-order valence-electron chi connectivity index (χ4n) is 1.79. The van der Waals surface area contributed by atoms with Gasteiger partial charge in [0, 0.05) is 26.2 Å². The standard InChI is InChI=1S/C11H20N4O2S/c1-4-15(3)18(16,17)11-8(2)13-14-10(11)7-12-9-5-6-9/h9,12H,4-7H2,1-3H3,(H,13,14). The Balaban J connectivity index is 2.27. The van der Waals surface area contributed by atoms with Gasteiger partial charge < -0.3 is 5.32 Å². The van der Waals surface area contributed by atoms with Gasteiger partial charge in [0.15, 0.2) is 0 Å². The number of aromatic nitrogens is 2. The summed E-state index contributed by atoms with van der Waals surface area (Å²) in [5, 5.41) is 10.2. The lowest BCUT2D eigenvalue weighted by Gasteiger charge is -2.15. The first kappa shape index (κ1) is 13.5. The van der Waals surface area contributed by atoms with E-state index in [2.05, 4.69) is 15.5 Å². The van der Waals surface area contributed by atoms with Crippen molar-refractivity contribution < 1.29 is 8.42 Å². The maximum Gasteiger partial charge on any atom is 0.246 e. The molecule has 102 valence electrons. The van der Waals surface area contributed by atoms with Crippen LogP contribution >= 0.6 is 0 Å². The van der Waals surface area contributed by atoms with E-state index in [4.69, 9.17) is 0 Å². The Bertz CT molecular complexity index is 519. The molecular weight excluding hydrogens is 252 g/mol. The van der Waals surface area contributed by atoms with Crippen LogP contribution in [0.5, 0.6) is 0 Å². The summed E-state index contributed by atoms with van der Waals surface area (Å²) in [4.78, 5) is 0.319. The molecule has 0 bridgehead atoms. The number of H-pyrrole nitrogens is 1. The second-order valence-electron chi connectivity index (χ2n) is 4.70. The van der Waals surface area contributed by atoms with Crippen molar-refractivity contribution in [3.63, 3.8) is 0 Å². The molecule has 1 aliphatic carbocycles. The summed E-state index contributed by atoms with van der Waals surface area (Å²) >= 11 is 0. The molecule has 1 fully saturated rings. The summed E-state index contributed by atoms with van der Waals surface area (Å²) in [6, 6.07) is 0.529. The highest BCUT2D eigenvalue weighted by atomic mass is 32.2. The Morgan fingerprint density at radius 2 is 2.17 bits per heavy atom. The number of aryl methyl sites for hydroxylation is 1. The average molecular weight is 272 g/mol. The van der Waals surface area contributed by atoms with Crippen LogP contribution in [0.15, 0.2) is 4.90 Å². The number of nitrogens with zero attached hydrogens (tertiary/aromatic N) is 2. The van der Waals surface area contributed by atoms with Gasteiger partial charge >= 0.3 is 0 Å². The van der Waals surface area contributed by atoms with Gasteiger partial charge in [-0.2, -0.15) is 5.10 Å². The van der Waals surface area contributed by atoms with Crippen molar-refractivity contribution in [3.05, 3.63) is 11.4 Å². The van der Waals surface area contributed by atoms with Crippen LogP contribution in [-0.4, -0.2) is 42.6 Å². The number of rotatable bonds is 6. The van der Waals surface area contributed by atoms with E-state index >= 15 is 0 Å². The Hall–Kier alpha value is -0.920. The van der Waals surface area contributed by atoms with Crippen molar-refractivity contribution in [1.29, 1.82) is 0 Å². The Morgan fingerprint density at radius 1 is 1.50 bits per heavy atom. The molecule has 6 nitrogen and oxygen atoms in total. The van der Waals surface area contributed by atoms with Crippen LogP contribution in [0.1, 0.15) is 31.2 Å². The zero-order valence-electron chi connectivity index (χ0n) is 11.0. The van der Waals surface area contributed by atoms with Gasteiger partial charge in [-0.15, -0.1) is 0 Å². The molecule has 2 rings (SSSR count). The molecule has 0 radical (unpaired) electrons. The minimum Gasteiger partial charge on any atom is -0.308 e. The molecule has 1 heterocycles. The molecule has 0 aromatic carbocycles. The van der Waals surface area contributed by atoms with Crippen LogP contribution < -0.4 is 5.32 Å². The number of hydrogen-bond donors (Lipinski definition) is 2. The minimum atomic E-state index is -3.43. The van der Waals surface area contributed by atoms with Gasteiger partial charge in [0.1, 0.15) is 4.90 Å². The summed E-state index contributed by atoms with van der Waals surface area (Å²) in [6.07, 6.45) is 2.33. The molecule has 0 atom stereocenters. The molecule has 18 heavy (non-hydrogen) atoms. The zero-order valence-corrected chi connectivity index (χ0v) is 11.8. The van der Waals surface area contributed by atoms with E-state index in [9.17, 15) is 8.42 Å². The van der Waals surface area contributed by atoms with Gasteiger partial charge in [-0.25, -0.2) is 12.7 Å². The smallest absolute Gasteiger partial charge is 0.246 e. The lowest BCUT2D eigenvalue weighted by atomic mass is 10.3. The van der Waals surface area contributed by atoms with Crippen LogP contribution in [0.2, 0.25) is 0 Å². The second kappa shape index (κ2) is 4.99. The van der Waals surface area contributed by atoms with E-state index < -0.39 is 10.0 Å². The van der Waals surface area contributed by atoms with Crippen molar-refractivity contribution in [3.8, 4) is 0 Å². The molecule has 0 unspecified atom stereocenters. The van der Waals surface area contributed by atoms with E-state index in [1.165, 1.54) is 17.1 Å². The highest BCUT2D eigenvalue weighted by Gasteiger charge is 2.28. The van der Waals surface area contributed by atoms with Crippen molar-refractivity contribution in [1.82, 2.24) is 19.8 Å². The number of sulfonamides is 1. The van der Waals surface area contributed by atoms with Crippen molar-refractivity contribution >= 4 is 10.0 Å². The lowest BCUT2D eigenvalue weighted by Crippen LogP contribution is -2.28. The van der Waals surface area contributed by atoms with Gasteiger partial charge in [-0.3, -0.25) is 5.10 Å². The topological polar surface area (TPSA) is 78.1 Å². The molecule has 1 aliphatic rings. The SMILES string of the molecule is CCN(C)S(=O)(=O)c1c(CNC2CC2)n[nH]c1C. The largest absolute Gasteiger partial charge is 0.308 e. The number of hydrogen-bond acceptors (Lipinski definition) is 4. The van der Waals surface area contributed by atoms with Crippen LogP contribution in [0.4, 0.5) is 0 Å². The first-order valence-corrected chi connectivity index (χ1v) is 7.64. The van der Waals surface area contributed by atoms with Crippen LogP contribution in [-0.2, 0) is 16.6 Å². The van der Waals surface area contributed by atoms with Gasteiger partial charge in [-0.1, -0.05) is 6.92 Å². The third kappa shape index (κ3) is 2.57. The van der Waals surface area contributed by atoms with Crippen LogP contribution in [0.3, 0.4) is 0 Å². The Kier molecular flexibility index (Phi) is 3.74.